The summed E-state index contributed by atoms with van der Waals surface area (Å²) in [7, 11) is 0. The molecule has 0 amide bonds. The molecule has 0 aliphatic rings. The third-order valence-electron chi connectivity index (χ3n) is 2.20. The topological polar surface area (TPSA) is 68.0 Å². The van der Waals surface area contributed by atoms with Gasteiger partial charge < -0.3 is 9.67 Å². The summed E-state index contributed by atoms with van der Waals surface area (Å²) in [6, 6.07) is 0. The van der Waals surface area contributed by atoms with Gasteiger partial charge in [-0.15, -0.1) is 10.2 Å². The minimum atomic E-state index is -0.721. The Hall–Kier alpha value is -1.39. The Bertz CT molecular complexity index is 272. The number of aromatic nitrogens is 3. The van der Waals surface area contributed by atoms with Crippen LogP contribution in [0.1, 0.15) is 26.2 Å². The first kappa shape index (κ1) is 10.7. The van der Waals surface area contributed by atoms with E-state index in [0.29, 0.717) is 5.92 Å². The van der Waals surface area contributed by atoms with Crippen molar-refractivity contribution in [3.63, 3.8) is 0 Å². The van der Waals surface area contributed by atoms with Crippen LogP contribution in [-0.2, 0) is 11.3 Å². The molecule has 78 valence electrons. The van der Waals surface area contributed by atoms with E-state index in [1.165, 1.54) is 0 Å². The fourth-order valence-corrected chi connectivity index (χ4v) is 1.22. The monoisotopic (exact) mass is 197 g/mol. The number of carboxylic acid groups (broad SMARTS) is 1. The number of aliphatic carboxylic acids is 1. The third-order valence-corrected chi connectivity index (χ3v) is 2.20. The van der Waals surface area contributed by atoms with Crippen molar-refractivity contribution < 1.29 is 9.90 Å². The summed E-state index contributed by atoms with van der Waals surface area (Å²) in [6.45, 7) is 2.92. The van der Waals surface area contributed by atoms with Gasteiger partial charge in [0.15, 0.2) is 0 Å². The highest BCUT2D eigenvalue weighted by molar-refractivity contribution is 5.66. The van der Waals surface area contributed by atoms with Gasteiger partial charge in [0.25, 0.3) is 0 Å². The molecule has 1 aromatic heterocycles. The van der Waals surface area contributed by atoms with Crippen LogP contribution in [0.5, 0.6) is 0 Å². The van der Waals surface area contributed by atoms with Gasteiger partial charge in [0, 0.05) is 13.0 Å². The molecule has 14 heavy (non-hydrogen) atoms. The molecule has 0 aliphatic heterocycles. The lowest BCUT2D eigenvalue weighted by Crippen LogP contribution is -2.05. The van der Waals surface area contributed by atoms with Crippen molar-refractivity contribution in [1.82, 2.24) is 14.8 Å². The van der Waals surface area contributed by atoms with Crippen molar-refractivity contribution in [2.75, 3.05) is 0 Å². The molecule has 5 heteroatoms. The highest BCUT2D eigenvalue weighted by Crippen LogP contribution is 2.11. The number of aryl methyl sites for hydroxylation is 1. The number of hydrogen-bond donors (Lipinski definition) is 1. The normalized spacial score (nSPS) is 12.6. The second-order valence-electron chi connectivity index (χ2n) is 3.53. The molecule has 0 bridgehead atoms. The van der Waals surface area contributed by atoms with Gasteiger partial charge in [0.05, 0.1) is 0 Å². The third kappa shape index (κ3) is 4.02. The molecule has 0 radical (unpaired) electrons. The summed E-state index contributed by atoms with van der Waals surface area (Å²) in [5, 5.41) is 15.9. The molecule has 0 fully saturated rings. The number of hydrogen-bond acceptors (Lipinski definition) is 3. The maximum atomic E-state index is 10.3. The van der Waals surface area contributed by atoms with E-state index in [9.17, 15) is 4.79 Å². The van der Waals surface area contributed by atoms with Crippen molar-refractivity contribution in [3.05, 3.63) is 12.7 Å². The Morgan fingerprint density at radius 1 is 1.43 bits per heavy atom. The van der Waals surface area contributed by atoms with Gasteiger partial charge in [0.2, 0.25) is 0 Å². The molecule has 1 N–H and O–H groups in total. The minimum Gasteiger partial charge on any atom is -0.481 e. The van der Waals surface area contributed by atoms with Crippen LogP contribution < -0.4 is 0 Å². The van der Waals surface area contributed by atoms with Crippen molar-refractivity contribution in [2.45, 2.75) is 32.7 Å². The van der Waals surface area contributed by atoms with E-state index in [0.717, 1.165) is 19.4 Å². The van der Waals surface area contributed by atoms with Crippen molar-refractivity contribution in [2.24, 2.45) is 5.92 Å². The van der Waals surface area contributed by atoms with E-state index >= 15 is 0 Å². The fraction of sp³-hybridized carbons (Fsp3) is 0.667. The zero-order valence-electron chi connectivity index (χ0n) is 8.26. The van der Waals surface area contributed by atoms with E-state index in [1.54, 1.807) is 12.7 Å². The zero-order chi connectivity index (χ0) is 10.4. The first-order chi connectivity index (χ1) is 6.68. The maximum Gasteiger partial charge on any atom is 0.303 e. The molecular formula is C9H15N3O2. The van der Waals surface area contributed by atoms with Crippen molar-refractivity contribution in [3.8, 4) is 0 Å². The number of rotatable bonds is 6. The van der Waals surface area contributed by atoms with E-state index in [1.807, 2.05) is 4.57 Å². The molecule has 1 unspecified atom stereocenters. The molecule has 0 aliphatic carbocycles. The lowest BCUT2D eigenvalue weighted by atomic mass is 10.0. The SMILES string of the molecule is CC(CCC(=O)O)CCn1cnnc1. The number of carbonyl (C=O) groups is 1. The van der Waals surface area contributed by atoms with E-state index in [2.05, 4.69) is 17.1 Å². The largest absolute Gasteiger partial charge is 0.481 e. The van der Waals surface area contributed by atoms with Gasteiger partial charge in [-0.3, -0.25) is 4.79 Å². The molecule has 0 saturated carbocycles. The van der Waals surface area contributed by atoms with Crippen LogP contribution in [0, 0.1) is 5.92 Å². The zero-order valence-corrected chi connectivity index (χ0v) is 8.26. The summed E-state index contributed by atoms with van der Waals surface area (Å²) < 4.78 is 1.90. The second kappa shape index (κ2) is 5.36. The molecule has 5 nitrogen and oxygen atoms in total. The molecule has 1 atom stereocenters. The fourth-order valence-electron chi connectivity index (χ4n) is 1.22. The molecule has 1 heterocycles. The highest BCUT2D eigenvalue weighted by Gasteiger charge is 2.05. The summed E-state index contributed by atoms with van der Waals surface area (Å²) in [4.78, 5) is 10.3. The van der Waals surface area contributed by atoms with Crippen LogP contribution in [-0.4, -0.2) is 25.8 Å². The lowest BCUT2D eigenvalue weighted by Gasteiger charge is -2.09. The molecule has 0 saturated heterocycles. The second-order valence-corrected chi connectivity index (χ2v) is 3.53. The smallest absolute Gasteiger partial charge is 0.303 e. The predicted octanol–water partition coefficient (Wildman–Crippen LogP) is 1.17. The average Bonchev–Trinajstić information content (AvgIpc) is 2.63. The number of nitrogens with zero attached hydrogens (tertiary/aromatic N) is 3. The van der Waals surface area contributed by atoms with Crippen LogP contribution in [0.4, 0.5) is 0 Å². The van der Waals surface area contributed by atoms with Gasteiger partial charge >= 0.3 is 5.97 Å². The van der Waals surface area contributed by atoms with E-state index in [-0.39, 0.29) is 6.42 Å². The molecule has 0 spiro atoms. The van der Waals surface area contributed by atoms with Gasteiger partial charge in [-0.05, 0) is 18.8 Å². The Morgan fingerprint density at radius 3 is 2.64 bits per heavy atom. The van der Waals surface area contributed by atoms with Gasteiger partial charge in [-0.2, -0.15) is 0 Å². The quantitative estimate of drug-likeness (QED) is 0.743. The Morgan fingerprint density at radius 2 is 2.07 bits per heavy atom. The summed E-state index contributed by atoms with van der Waals surface area (Å²) in [6.07, 6.45) is 5.29. The maximum absolute atomic E-state index is 10.3. The Balaban J connectivity index is 2.15. The van der Waals surface area contributed by atoms with Crippen LogP contribution in [0.15, 0.2) is 12.7 Å². The van der Waals surface area contributed by atoms with Crippen LogP contribution in [0.3, 0.4) is 0 Å². The van der Waals surface area contributed by atoms with Crippen molar-refractivity contribution in [1.29, 1.82) is 0 Å². The van der Waals surface area contributed by atoms with Gasteiger partial charge in [-0.1, -0.05) is 6.92 Å². The number of carboxylic acids is 1. The summed E-state index contributed by atoms with van der Waals surface area (Å²) in [5.41, 5.74) is 0. The predicted molar refractivity (Wildman–Crippen MR) is 50.7 cm³/mol. The first-order valence-corrected chi connectivity index (χ1v) is 4.72. The highest BCUT2D eigenvalue weighted by atomic mass is 16.4. The van der Waals surface area contributed by atoms with E-state index in [4.69, 9.17) is 5.11 Å². The van der Waals surface area contributed by atoms with E-state index < -0.39 is 5.97 Å². The van der Waals surface area contributed by atoms with Gasteiger partial charge in [-0.25, -0.2) is 0 Å². The molecule has 1 rings (SSSR count). The lowest BCUT2D eigenvalue weighted by molar-refractivity contribution is -0.137. The van der Waals surface area contributed by atoms with Crippen LogP contribution >= 0.6 is 0 Å². The molecule has 0 aromatic carbocycles. The van der Waals surface area contributed by atoms with Gasteiger partial charge in [0.1, 0.15) is 12.7 Å². The average molecular weight is 197 g/mol. The first-order valence-electron chi connectivity index (χ1n) is 4.72. The van der Waals surface area contributed by atoms with Crippen LogP contribution in [0.25, 0.3) is 0 Å². The van der Waals surface area contributed by atoms with Crippen LogP contribution in [0.2, 0.25) is 0 Å². The molecule has 1 aromatic rings. The Kier molecular flexibility index (Phi) is 4.10. The minimum absolute atomic E-state index is 0.253. The summed E-state index contributed by atoms with van der Waals surface area (Å²) >= 11 is 0. The Labute approximate surface area is 82.8 Å². The van der Waals surface area contributed by atoms with Crippen molar-refractivity contribution >= 4 is 5.97 Å². The summed E-state index contributed by atoms with van der Waals surface area (Å²) in [5.74, 6) is -0.297. The molecular weight excluding hydrogens is 182 g/mol. The standard InChI is InChI=1S/C9H15N3O2/c1-8(2-3-9(13)14)4-5-12-6-10-11-7-12/h6-8H,2-5H2,1H3,(H,13,14).